The number of carbonyl (C=O) groups is 1. The number of hydrogen-bond donors (Lipinski definition) is 2. The first kappa shape index (κ1) is 15.9. The number of urea groups is 1. The minimum atomic E-state index is -0.283. The van der Waals surface area contributed by atoms with Crippen LogP contribution in [0.25, 0.3) is 11.0 Å². The Morgan fingerprint density at radius 1 is 1.29 bits per heavy atom. The number of methoxy groups -OCH3 is 1. The molecule has 6 heteroatoms. The standard InChI is InChI=1S/C18H19N3O3/c1-12(16-10-13-6-3-4-8-15(13)24-16)21-18(22)20-11-14-7-5-9-19-17(14)23-2/h3-10,12H,11H2,1-2H3,(H2,20,21,22). The van der Waals surface area contributed by atoms with Gasteiger partial charge >= 0.3 is 6.03 Å². The summed E-state index contributed by atoms with van der Waals surface area (Å²) < 4.78 is 10.9. The molecule has 0 aliphatic carbocycles. The number of rotatable bonds is 5. The normalized spacial score (nSPS) is 11.9. The van der Waals surface area contributed by atoms with Crippen LogP contribution in [0.1, 0.15) is 24.3 Å². The first-order valence-corrected chi connectivity index (χ1v) is 7.68. The number of aromatic nitrogens is 1. The van der Waals surface area contributed by atoms with Gasteiger partial charge in [-0.15, -0.1) is 0 Å². The maximum absolute atomic E-state index is 12.1. The largest absolute Gasteiger partial charge is 0.481 e. The molecule has 6 nitrogen and oxygen atoms in total. The van der Waals surface area contributed by atoms with E-state index in [-0.39, 0.29) is 12.1 Å². The molecule has 3 aromatic rings. The Morgan fingerprint density at radius 2 is 2.12 bits per heavy atom. The number of carbonyl (C=O) groups excluding carboxylic acids is 1. The number of fused-ring (bicyclic) bond motifs is 1. The summed E-state index contributed by atoms with van der Waals surface area (Å²) in [5, 5.41) is 6.67. The topological polar surface area (TPSA) is 76.4 Å². The highest BCUT2D eigenvalue weighted by molar-refractivity contribution is 5.78. The first-order chi connectivity index (χ1) is 11.7. The van der Waals surface area contributed by atoms with Gasteiger partial charge in [0.2, 0.25) is 5.88 Å². The predicted molar refractivity (Wildman–Crippen MR) is 90.8 cm³/mol. The molecule has 1 atom stereocenters. The SMILES string of the molecule is COc1ncccc1CNC(=O)NC(C)c1cc2ccccc2o1. The van der Waals surface area contributed by atoms with E-state index in [0.29, 0.717) is 18.2 Å². The van der Waals surface area contributed by atoms with Gasteiger partial charge in [0, 0.05) is 23.7 Å². The van der Waals surface area contributed by atoms with Gasteiger partial charge in [-0.3, -0.25) is 0 Å². The van der Waals surface area contributed by atoms with Crippen molar-refractivity contribution in [3.8, 4) is 5.88 Å². The molecule has 0 bridgehead atoms. The molecule has 124 valence electrons. The van der Waals surface area contributed by atoms with E-state index >= 15 is 0 Å². The molecule has 24 heavy (non-hydrogen) atoms. The van der Waals surface area contributed by atoms with E-state index in [2.05, 4.69) is 15.6 Å². The van der Waals surface area contributed by atoms with E-state index in [1.54, 1.807) is 19.4 Å². The number of pyridine rings is 1. The Kier molecular flexibility index (Phi) is 4.65. The zero-order chi connectivity index (χ0) is 16.9. The lowest BCUT2D eigenvalue weighted by molar-refractivity contribution is 0.236. The van der Waals surface area contributed by atoms with E-state index in [1.165, 1.54) is 0 Å². The third kappa shape index (κ3) is 3.48. The lowest BCUT2D eigenvalue weighted by atomic mass is 10.2. The molecule has 3 rings (SSSR count). The highest BCUT2D eigenvalue weighted by Gasteiger charge is 2.14. The molecule has 2 heterocycles. The summed E-state index contributed by atoms with van der Waals surface area (Å²) in [6.45, 7) is 2.21. The van der Waals surface area contributed by atoms with Crippen molar-refractivity contribution in [2.24, 2.45) is 0 Å². The van der Waals surface area contributed by atoms with E-state index in [9.17, 15) is 4.79 Å². The van der Waals surface area contributed by atoms with Gasteiger partial charge in [-0.2, -0.15) is 0 Å². The van der Waals surface area contributed by atoms with Crippen molar-refractivity contribution in [1.82, 2.24) is 15.6 Å². The predicted octanol–water partition coefficient (Wildman–Crippen LogP) is 3.40. The van der Waals surface area contributed by atoms with Crippen molar-refractivity contribution in [2.45, 2.75) is 19.5 Å². The van der Waals surface area contributed by atoms with Crippen molar-refractivity contribution in [3.05, 3.63) is 60.0 Å². The summed E-state index contributed by atoms with van der Waals surface area (Å²) in [6, 6.07) is 12.8. The van der Waals surface area contributed by atoms with Gasteiger partial charge in [-0.05, 0) is 25.1 Å². The highest BCUT2D eigenvalue weighted by atomic mass is 16.5. The second kappa shape index (κ2) is 7.04. The van der Waals surface area contributed by atoms with Gasteiger partial charge in [-0.1, -0.05) is 24.3 Å². The third-order valence-electron chi connectivity index (χ3n) is 3.70. The number of para-hydroxylation sites is 1. The molecule has 0 aliphatic heterocycles. The summed E-state index contributed by atoms with van der Waals surface area (Å²) in [7, 11) is 1.55. The number of hydrogen-bond acceptors (Lipinski definition) is 4. The smallest absolute Gasteiger partial charge is 0.315 e. The monoisotopic (exact) mass is 325 g/mol. The van der Waals surface area contributed by atoms with Crippen molar-refractivity contribution in [2.75, 3.05) is 7.11 Å². The molecule has 1 unspecified atom stereocenters. The molecule has 2 amide bonds. The molecule has 0 aliphatic rings. The number of nitrogens with one attached hydrogen (secondary N) is 2. The molecule has 0 fully saturated rings. The average molecular weight is 325 g/mol. The number of nitrogens with zero attached hydrogens (tertiary/aromatic N) is 1. The maximum atomic E-state index is 12.1. The minimum Gasteiger partial charge on any atom is -0.481 e. The van der Waals surface area contributed by atoms with E-state index in [1.807, 2.05) is 43.3 Å². The summed E-state index contributed by atoms with van der Waals surface area (Å²) in [4.78, 5) is 16.2. The zero-order valence-electron chi connectivity index (χ0n) is 13.6. The van der Waals surface area contributed by atoms with Crippen LogP contribution in [0.2, 0.25) is 0 Å². The van der Waals surface area contributed by atoms with Crippen LogP contribution in [0, 0.1) is 0 Å². The fourth-order valence-corrected chi connectivity index (χ4v) is 2.45. The summed E-state index contributed by atoms with van der Waals surface area (Å²) in [5.41, 5.74) is 1.62. The van der Waals surface area contributed by atoms with Crippen LogP contribution in [0.4, 0.5) is 4.79 Å². The summed E-state index contributed by atoms with van der Waals surface area (Å²) in [5.74, 6) is 1.22. The van der Waals surface area contributed by atoms with Crippen molar-refractivity contribution < 1.29 is 13.9 Å². The van der Waals surface area contributed by atoms with E-state index in [0.717, 1.165) is 16.5 Å². The van der Waals surface area contributed by atoms with Crippen LogP contribution in [-0.4, -0.2) is 18.1 Å². The van der Waals surface area contributed by atoms with Crippen molar-refractivity contribution in [1.29, 1.82) is 0 Å². The van der Waals surface area contributed by atoms with Gasteiger partial charge < -0.3 is 19.8 Å². The maximum Gasteiger partial charge on any atom is 0.315 e. The third-order valence-corrected chi connectivity index (χ3v) is 3.70. The van der Waals surface area contributed by atoms with Crippen LogP contribution in [0.3, 0.4) is 0 Å². The number of furan rings is 1. The first-order valence-electron chi connectivity index (χ1n) is 7.68. The zero-order valence-corrected chi connectivity index (χ0v) is 13.6. The number of benzene rings is 1. The van der Waals surface area contributed by atoms with Crippen LogP contribution in [-0.2, 0) is 6.54 Å². The van der Waals surface area contributed by atoms with E-state index in [4.69, 9.17) is 9.15 Å². The molecule has 2 N–H and O–H groups in total. The molecular formula is C18H19N3O3. The Balaban J connectivity index is 1.60. The van der Waals surface area contributed by atoms with Crippen molar-refractivity contribution >= 4 is 17.0 Å². The molecule has 0 spiro atoms. The van der Waals surface area contributed by atoms with Gasteiger partial charge in [-0.25, -0.2) is 9.78 Å². The summed E-state index contributed by atoms with van der Waals surface area (Å²) in [6.07, 6.45) is 1.64. The van der Waals surface area contributed by atoms with Crippen LogP contribution in [0.15, 0.2) is 53.1 Å². The fraction of sp³-hybridized carbons (Fsp3) is 0.222. The van der Waals surface area contributed by atoms with Gasteiger partial charge in [0.1, 0.15) is 11.3 Å². The van der Waals surface area contributed by atoms with Gasteiger partial charge in [0.15, 0.2) is 0 Å². The fourth-order valence-electron chi connectivity index (χ4n) is 2.45. The van der Waals surface area contributed by atoms with Gasteiger partial charge in [0.25, 0.3) is 0 Å². The minimum absolute atomic E-state index is 0.242. The lowest BCUT2D eigenvalue weighted by Gasteiger charge is -2.13. The second-order valence-corrected chi connectivity index (χ2v) is 5.41. The lowest BCUT2D eigenvalue weighted by Crippen LogP contribution is -2.36. The molecular weight excluding hydrogens is 306 g/mol. The average Bonchev–Trinajstić information content (AvgIpc) is 3.04. The Bertz CT molecular complexity index is 811. The number of ether oxygens (including phenoxy) is 1. The highest BCUT2D eigenvalue weighted by Crippen LogP contribution is 2.23. The Morgan fingerprint density at radius 3 is 2.92 bits per heavy atom. The van der Waals surface area contributed by atoms with Crippen LogP contribution < -0.4 is 15.4 Å². The van der Waals surface area contributed by atoms with Crippen LogP contribution >= 0.6 is 0 Å². The molecule has 0 radical (unpaired) electrons. The summed E-state index contributed by atoms with van der Waals surface area (Å²) >= 11 is 0. The Labute approximate surface area is 139 Å². The Hall–Kier alpha value is -3.02. The quantitative estimate of drug-likeness (QED) is 0.754. The van der Waals surface area contributed by atoms with Crippen molar-refractivity contribution in [3.63, 3.8) is 0 Å². The molecule has 1 aromatic carbocycles. The van der Waals surface area contributed by atoms with E-state index < -0.39 is 0 Å². The molecule has 0 saturated carbocycles. The molecule has 0 saturated heterocycles. The molecule has 2 aromatic heterocycles. The second-order valence-electron chi connectivity index (χ2n) is 5.41. The number of amides is 2. The van der Waals surface area contributed by atoms with Gasteiger partial charge in [0.05, 0.1) is 13.2 Å². The van der Waals surface area contributed by atoms with Crippen LogP contribution in [0.5, 0.6) is 5.88 Å².